The van der Waals surface area contributed by atoms with E-state index < -0.39 is 55.9 Å². The molecule has 7 nitrogen and oxygen atoms in total. The number of nitrogens with one attached hydrogen (secondary N) is 3. The molecule has 0 saturated heterocycles. The van der Waals surface area contributed by atoms with Crippen molar-refractivity contribution in [3.05, 3.63) is 95.3 Å². The molecule has 0 aliphatic rings. The van der Waals surface area contributed by atoms with Gasteiger partial charge in [0.05, 0.1) is 10.5 Å². The maximum atomic E-state index is 13.9. The van der Waals surface area contributed by atoms with Gasteiger partial charge in [-0.15, -0.1) is 0 Å². The smallest absolute Gasteiger partial charge is 0.340 e. The van der Waals surface area contributed by atoms with Crippen LogP contribution in [0.1, 0.15) is 42.3 Å². The normalized spacial score (nSPS) is 13.0. The topological polar surface area (TPSA) is 104 Å². The minimum atomic E-state index is -5.05. The van der Waals surface area contributed by atoms with Crippen LogP contribution in [0.15, 0.2) is 77.7 Å². The van der Waals surface area contributed by atoms with Gasteiger partial charge in [-0.2, -0.15) is 13.2 Å². The van der Waals surface area contributed by atoms with Gasteiger partial charge in [-0.25, -0.2) is 17.5 Å². The van der Waals surface area contributed by atoms with Crippen LogP contribution in [0, 0.1) is 5.82 Å². The van der Waals surface area contributed by atoms with Crippen LogP contribution >= 0.6 is 0 Å². The summed E-state index contributed by atoms with van der Waals surface area (Å²) < 4.78 is 82.4. The van der Waals surface area contributed by atoms with Gasteiger partial charge in [0, 0.05) is 23.2 Å². The molecular formula is C27H27F4N3O4S. The Kier molecular flexibility index (Phi) is 8.81. The van der Waals surface area contributed by atoms with E-state index in [2.05, 4.69) is 15.4 Å². The van der Waals surface area contributed by atoms with Crippen LogP contribution in [-0.2, 0) is 27.4 Å². The van der Waals surface area contributed by atoms with Crippen molar-refractivity contribution in [1.82, 2.24) is 10.0 Å². The number of carbonyl (C=O) groups is 2. The summed E-state index contributed by atoms with van der Waals surface area (Å²) >= 11 is 0. The van der Waals surface area contributed by atoms with Gasteiger partial charge >= 0.3 is 6.18 Å². The number of benzene rings is 3. The predicted molar refractivity (Wildman–Crippen MR) is 138 cm³/mol. The molecule has 0 fully saturated rings. The summed E-state index contributed by atoms with van der Waals surface area (Å²) in [4.78, 5) is 24.9. The lowest BCUT2D eigenvalue weighted by Gasteiger charge is -2.23. The fraction of sp³-hybridized carbons (Fsp3) is 0.259. The highest BCUT2D eigenvalue weighted by Gasteiger charge is 2.38. The van der Waals surface area contributed by atoms with E-state index in [1.165, 1.54) is 32.9 Å². The summed E-state index contributed by atoms with van der Waals surface area (Å²) in [7, 11) is -4.55. The summed E-state index contributed by atoms with van der Waals surface area (Å²) in [6, 6.07) is 14.3. The summed E-state index contributed by atoms with van der Waals surface area (Å²) in [6.07, 6.45) is -5.06. The zero-order valence-corrected chi connectivity index (χ0v) is 22.1. The van der Waals surface area contributed by atoms with Crippen LogP contribution in [0.4, 0.5) is 23.2 Å². The summed E-state index contributed by atoms with van der Waals surface area (Å²) in [5.41, 5.74) is -2.10. The molecule has 3 N–H and O–H groups in total. The van der Waals surface area contributed by atoms with Crippen molar-refractivity contribution in [2.24, 2.45) is 0 Å². The number of rotatable bonds is 8. The molecule has 3 rings (SSSR count). The van der Waals surface area contributed by atoms with E-state index in [1.807, 2.05) is 0 Å². The van der Waals surface area contributed by atoms with E-state index in [0.29, 0.717) is 11.6 Å². The Labute approximate surface area is 223 Å². The molecule has 39 heavy (non-hydrogen) atoms. The van der Waals surface area contributed by atoms with Crippen LogP contribution < -0.4 is 15.4 Å². The fourth-order valence-corrected chi connectivity index (χ4v) is 5.28. The molecule has 0 bridgehead atoms. The van der Waals surface area contributed by atoms with Crippen LogP contribution in [0.5, 0.6) is 0 Å². The molecule has 0 aliphatic carbocycles. The third-order valence-corrected chi connectivity index (χ3v) is 7.11. The van der Waals surface area contributed by atoms with Gasteiger partial charge in [0.15, 0.2) is 0 Å². The Balaban J connectivity index is 1.92. The highest BCUT2D eigenvalue weighted by molar-refractivity contribution is 7.89. The third-order valence-electron chi connectivity index (χ3n) is 5.29. The lowest BCUT2D eigenvalue weighted by Crippen LogP contribution is -2.45. The highest BCUT2D eigenvalue weighted by Crippen LogP contribution is 2.36. The minimum absolute atomic E-state index is 0.00625. The van der Waals surface area contributed by atoms with Gasteiger partial charge in [0.25, 0.3) is 5.91 Å². The molecule has 0 heterocycles. The quantitative estimate of drug-likeness (QED) is 0.338. The Morgan fingerprint density at radius 1 is 0.897 bits per heavy atom. The van der Waals surface area contributed by atoms with Crippen LogP contribution in [0.3, 0.4) is 0 Å². The highest BCUT2D eigenvalue weighted by atomic mass is 32.2. The van der Waals surface area contributed by atoms with E-state index in [-0.39, 0.29) is 17.7 Å². The Bertz CT molecular complexity index is 1440. The van der Waals surface area contributed by atoms with Crippen molar-refractivity contribution in [2.45, 2.75) is 49.8 Å². The van der Waals surface area contributed by atoms with E-state index in [4.69, 9.17) is 0 Å². The van der Waals surface area contributed by atoms with Gasteiger partial charge in [-0.3, -0.25) is 9.59 Å². The number of hydrogen-bond donors (Lipinski definition) is 3. The Morgan fingerprint density at radius 2 is 1.51 bits per heavy atom. The number of alkyl halides is 3. The number of amides is 2. The minimum Gasteiger partial charge on any atom is -0.340 e. The monoisotopic (exact) mass is 565 g/mol. The molecule has 0 saturated carbocycles. The number of sulfonamides is 1. The molecule has 0 radical (unpaired) electrons. The molecule has 208 valence electrons. The van der Waals surface area contributed by atoms with Gasteiger partial charge in [-0.1, -0.05) is 30.3 Å². The average Bonchev–Trinajstić information content (AvgIpc) is 2.82. The lowest BCUT2D eigenvalue weighted by molar-refractivity contribution is -0.139. The van der Waals surface area contributed by atoms with Gasteiger partial charge in [0.2, 0.25) is 15.9 Å². The number of halogens is 4. The zero-order valence-electron chi connectivity index (χ0n) is 21.3. The standard InChI is InChI=1S/C27H27F4N3O4S/c1-26(2,3)34-39(37,38)23-14-13-20(16-21(23)27(29,30)31)32-25(36)22(15-17-7-5-4-6-8-17)33-24(35)18-9-11-19(28)12-10-18/h4-14,16,22,34H,15H2,1-3H3,(H,32,36)(H,33,35)/t22-/m0/s1. The molecule has 2 amide bonds. The number of hydrogen-bond acceptors (Lipinski definition) is 4. The van der Waals surface area contributed by atoms with Crippen molar-refractivity contribution >= 4 is 27.5 Å². The van der Waals surface area contributed by atoms with Crippen molar-refractivity contribution in [2.75, 3.05) is 5.32 Å². The molecule has 3 aromatic carbocycles. The molecular weight excluding hydrogens is 538 g/mol. The van der Waals surface area contributed by atoms with E-state index in [1.54, 1.807) is 30.3 Å². The second-order valence-corrected chi connectivity index (χ2v) is 11.4. The van der Waals surface area contributed by atoms with Crippen LogP contribution in [0.2, 0.25) is 0 Å². The maximum absolute atomic E-state index is 13.9. The summed E-state index contributed by atoms with van der Waals surface area (Å²) in [6.45, 7) is 4.46. The van der Waals surface area contributed by atoms with E-state index in [0.717, 1.165) is 24.3 Å². The largest absolute Gasteiger partial charge is 0.417 e. The summed E-state index contributed by atoms with van der Waals surface area (Å²) in [5.74, 6) is -2.10. The SMILES string of the molecule is CC(C)(C)NS(=O)(=O)c1ccc(NC(=O)[C@H](Cc2ccccc2)NC(=O)c2ccc(F)cc2)cc1C(F)(F)F. The molecule has 3 aromatic rings. The van der Waals surface area contributed by atoms with Gasteiger partial charge in [0.1, 0.15) is 11.9 Å². The van der Waals surface area contributed by atoms with Crippen LogP contribution in [-0.4, -0.2) is 31.8 Å². The molecule has 1 atom stereocenters. The Morgan fingerprint density at radius 3 is 2.08 bits per heavy atom. The van der Waals surface area contributed by atoms with Gasteiger partial charge in [-0.05, 0) is 68.8 Å². The lowest BCUT2D eigenvalue weighted by atomic mass is 10.0. The maximum Gasteiger partial charge on any atom is 0.417 e. The van der Waals surface area contributed by atoms with E-state index in [9.17, 15) is 35.6 Å². The first-order chi connectivity index (χ1) is 18.0. The second kappa shape index (κ2) is 11.5. The third kappa shape index (κ3) is 8.36. The van der Waals surface area contributed by atoms with Crippen LogP contribution in [0.25, 0.3) is 0 Å². The zero-order chi connectivity index (χ0) is 29.0. The second-order valence-electron chi connectivity index (χ2n) is 9.78. The van der Waals surface area contributed by atoms with Crippen molar-refractivity contribution in [1.29, 1.82) is 0 Å². The predicted octanol–water partition coefficient (Wildman–Crippen LogP) is 4.90. The first-order valence-electron chi connectivity index (χ1n) is 11.7. The first-order valence-corrected chi connectivity index (χ1v) is 13.2. The van der Waals surface area contributed by atoms with Crippen molar-refractivity contribution in [3.63, 3.8) is 0 Å². The Hall–Kier alpha value is -3.77. The molecule has 0 spiro atoms. The number of anilines is 1. The number of carbonyl (C=O) groups excluding carboxylic acids is 2. The molecule has 0 aliphatic heterocycles. The summed E-state index contributed by atoms with van der Waals surface area (Å²) in [5, 5.41) is 4.86. The van der Waals surface area contributed by atoms with Crippen molar-refractivity contribution < 1.29 is 35.6 Å². The van der Waals surface area contributed by atoms with Gasteiger partial charge < -0.3 is 10.6 Å². The molecule has 12 heteroatoms. The van der Waals surface area contributed by atoms with E-state index >= 15 is 0 Å². The molecule has 0 unspecified atom stereocenters. The average molecular weight is 566 g/mol. The van der Waals surface area contributed by atoms with Crippen molar-refractivity contribution in [3.8, 4) is 0 Å². The first kappa shape index (κ1) is 29.8. The fourth-order valence-electron chi connectivity index (χ4n) is 3.65. The molecule has 0 aromatic heterocycles.